The minimum atomic E-state index is -1.11. The summed E-state index contributed by atoms with van der Waals surface area (Å²) in [6.07, 6.45) is 5.84. The molecule has 9 nitrogen and oxygen atoms in total. The molecule has 2 aromatic heterocycles. The molecule has 0 saturated carbocycles. The second-order valence-corrected chi connectivity index (χ2v) is 16.5. The van der Waals surface area contributed by atoms with Gasteiger partial charge in [-0.2, -0.15) is 5.10 Å². The number of hydrogen-bond donors (Lipinski definition) is 2. The summed E-state index contributed by atoms with van der Waals surface area (Å²) < 4.78 is 13.1. The lowest BCUT2D eigenvalue weighted by molar-refractivity contribution is -0.124. The smallest absolute Gasteiger partial charge is 0.244 e. The molecule has 1 aliphatic rings. The SMILES string of the molecule is COC[C@H](C(=O)Nc1cccc2c(-c3cnn(COCC[Si](C)(C)C)c3)c[nH]c12)N1CCN(C)CC1. The molecule has 0 aliphatic carbocycles. The number of benzene rings is 1. The summed E-state index contributed by atoms with van der Waals surface area (Å²) >= 11 is 0. The number of hydrogen-bond acceptors (Lipinski definition) is 6. The van der Waals surface area contributed by atoms with E-state index in [1.807, 2.05) is 35.4 Å². The average Bonchev–Trinajstić information content (AvgIpc) is 3.48. The summed E-state index contributed by atoms with van der Waals surface area (Å²) in [7, 11) is 2.65. The third-order valence-corrected chi connectivity index (χ3v) is 8.45. The molecular weight excluding hydrogens is 472 g/mol. The predicted octanol–water partition coefficient (Wildman–Crippen LogP) is 3.54. The number of methoxy groups -OCH3 is 1. The number of fused-ring (bicyclic) bond motifs is 1. The van der Waals surface area contributed by atoms with Crippen molar-refractivity contribution in [3.8, 4) is 11.1 Å². The summed E-state index contributed by atoms with van der Waals surface area (Å²) in [5.74, 6) is -0.0478. The number of para-hydroxylation sites is 1. The Morgan fingerprint density at radius 1 is 1.22 bits per heavy atom. The highest BCUT2D eigenvalue weighted by atomic mass is 28.3. The lowest BCUT2D eigenvalue weighted by Crippen LogP contribution is -2.54. The zero-order valence-electron chi connectivity index (χ0n) is 22.2. The van der Waals surface area contributed by atoms with Crippen LogP contribution in [0, 0.1) is 0 Å². The fraction of sp³-hybridized carbons (Fsp3) is 0.538. The summed E-state index contributed by atoms with van der Waals surface area (Å²) in [4.78, 5) is 21.2. The van der Waals surface area contributed by atoms with E-state index in [1.54, 1.807) is 7.11 Å². The normalized spacial score (nSPS) is 16.5. The number of nitrogens with one attached hydrogen (secondary N) is 2. The number of aromatic amines is 1. The number of nitrogens with zero attached hydrogens (tertiary/aromatic N) is 4. The molecule has 0 radical (unpaired) electrons. The van der Waals surface area contributed by atoms with Crippen molar-refractivity contribution in [2.75, 3.05) is 58.9 Å². The van der Waals surface area contributed by atoms with Crippen molar-refractivity contribution in [3.63, 3.8) is 0 Å². The van der Waals surface area contributed by atoms with E-state index in [0.717, 1.165) is 66.5 Å². The largest absolute Gasteiger partial charge is 0.383 e. The first-order chi connectivity index (χ1) is 17.2. The third kappa shape index (κ3) is 6.62. The number of carbonyl (C=O) groups is 1. The van der Waals surface area contributed by atoms with Crippen molar-refractivity contribution in [3.05, 3.63) is 36.8 Å². The highest BCUT2D eigenvalue weighted by Crippen LogP contribution is 2.32. The molecule has 10 heteroatoms. The van der Waals surface area contributed by atoms with Gasteiger partial charge in [0.2, 0.25) is 5.91 Å². The molecule has 2 N–H and O–H groups in total. The number of rotatable bonds is 11. The summed E-state index contributed by atoms with van der Waals surface area (Å²) in [5.41, 5.74) is 3.71. The number of likely N-dealkylation sites (N-methyl/N-ethyl adjacent to an activating group) is 1. The highest BCUT2D eigenvalue weighted by molar-refractivity contribution is 6.76. The van der Waals surface area contributed by atoms with Gasteiger partial charge in [0.1, 0.15) is 12.8 Å². The van der Waals surface area contributed by atoms with Gasteiger partial charge in [-0.25, -0.2) is 4.68 Å². The van der Waals surface area contributed by atoms with E-state index in [-0.39, 0.29) is 11.9 Å². The van der Waals surface area contributed by atoms with Crippen LogP contribution in [0.4, 0.5) is 5.69 Å². The quantitative estimate of drug-likeness (QED) is 0.302. The molecule has 0 spiro atoms. The van der Waals surface area contributed by atoms with Crippen molar-refractivity contribution >= 4 is 30.6 Å². The first-order valence-corrected chi connectivity index (χ1v) is 16.4. The van der Waals surface area contributed by atoms with Gasteiger partial charge < -0.3 is 24.7 Å². The second-order valence-electron chi connectivity index (χ2n) is 10.8. The molecule has 36 heavy (non-hydrogen) atoms. The Morgan fingerprint density at radius 3 is 2.72 bits per heavy atom. The summed E-state index contributed by atoms with van der Waals surface area (Å²) in [5, 5.41) is 8.67. The average molecular weight is 513 g/mol. The molecule has 1 aliphatic heterocycles. The minimum Gasteiger partial charge on any atom is -0.383 e. The standard InChI is InChI=1S/C26H40N6O3Si/c1-30-9-11-31(12-10-30)24(18-34-2)26(33)29-23-8-6-7-21-22(16-27-25(21)23)20-15-28-32(17-20)19-35-13-14-36(3,4)5/h6-8,15-17,24,27H,9-14,18-19H2,1-5H3,(H,29,33)/t24-/m1/s1. The number of ether oxygens (including phenoxy) is 2. The van der Waals surface area contributed by atoms with Crippen LogP contribution in [-0.2, 0) is 21.0 Å². The van der Waals surface area contributed by atoms with Gasteiger partial charge in [-0.1, -0.05) is 31.8 Å². The van der Waals surface area contributed by atoms with Gasteiger partial charge in [0.25, 0.3) is 0 Å². The van der Waals surface area contributed by atoms with Crippen LogP contribution < -0.4 is 5.32 Å². The Morgan fingerprint density at radius 2 is 2.00 bits per heavy atom. The van der Waals surface area contributed by atoms with E-state index in [1.165, 1.54) is 0 Å². The zero-order valence-corrected chi connectivity index (χ0v) is 23.2. The van der Waals surface area contributed by atoms with Crippen LogP contribution in [0.15, 0.2) is 36.8 Å². The first-order valence-electron chi connectivity index (χ1n) is 12.7. The molecule has 3 aromatic rings. The molecule has 0 bridgehead atoms. The van der Waals surface area contributed by atoms with Crippen molar-refractivity contribution in [1.82, 2.24) is 24.6 Å². The number of anilines is 1. The predicted molar refractivity (Wildman–Crippen MR) is 147 cm³/mol. The second kappa shape index (κ2) is 11.7. The molecule has 1 aromatic carbocycles. The minimum absolute atomic E-state index is 0.0478. The van der Waals surface area contributed by atoms with Gasteiger partial charge in [-0.15, -0.1) is 0 Å². The maximum Gasteiger partial charge on any atom is 0.244 e. The molecular formula is C26H40N6O3Si. The molecule has 1 fully saturated rings. The number of amides is 1. The van der Waals surface area contributed by atoms with Gasteiger partial charge in [-0.3, -0.25) is 9.69 Å². The van der Waals surface area contributed by atoms with Crippen molar-refractivity contribution < 1.29 is 14.3 Å². The molecule has 1 atom stereocenters. The summed E-state index contributed by atoms with van der Waals surface area (Å²) in [6, 6.07) is 6.78. The Kier molecular flexibility index (Phi) is 8.63. The molecule has 4 rings (SSSR count). The van der Waals surface area contributed by atoms with Crippen LogP contribution in [0.2, 0.25) is 25.7 Å². The molecule has 3 heterocycles. The van der Waals surface area contributed by atoms with Gasteiger partial charge in [0, 0.05) is 76.9 Å². The zero-order chi connectivity index (χ0) is 25.7. The third-order valence-electron chi connectivity index (χ3n) is 6.74. The van der Waals surface area contributed by atoms with E-state index in [4.69, 9.17) is 9.47 Å². The maximum absolute atomic E-state index is 13.3. The maximum atomic E-state index is 13.3. The fourth-order valence-electron chi connectivity index (χ4n) is 4.46. The van der Waals surface area contributed by atoms with Gasteiger partial charge in [-0.05, 0) is 19.2 Å². The van der Waals surface area contributed by atoms with Crippen LogP contribution in [0.5, 0.6) is 0 Å². The topological polar surface area (TPSA) is 87.6 Å². The lowest BCUT2D eigenvalue weighted by atomic mass is 10.1. The van der Waals surface area contributed by atoms with Gasteiger partial charge in [0.05, 0.1) is 24.0 Å². The van der Waals surface area contributed by atoms with Crippen LogP contribution in [0.25, 0.3) is 22.0 Å². The fourth-order valence-corrected chi connectivity index (χ4v) is 5.22. The van der Waals surface area contributed by atoms with Crippen molar-refractivity contribution in [2.24, 2.45) is 0 Å². The lowest BCUT2D eigenvalue weighted by Gasteiger charge is -2.36. The van der Waals surface area contributed by atoms with E-state index < -0.39 is 8.07 Å². The number of aromatic nitrogens is 3. The number of H-pyrrole nitrogens is 1. The van der Waals surface area contributed by atoms with E-state index in [0.29, 0.717) is 13.3 Å². The van der Waals surface area contributed by atoms with E-state index in [9.17, 15) is 4.79 Å². The van der Waals surface area contributed by atoms with Crippen LogP contribution in [0.3, 0.4) is 0 Å². The Labute approximate surface area is 214 Å². The Bertz CT molecular complexity index is 1150. The van der Waals surface area contributed by atoms with Crippen LogP contribution in [-0.4, -0.2) is 98.1 Å². The number of carbonyl (C=O) groups excluding carboxylic acids is 1. The van der Waals surface area contributed by atoms with E-state index >= 15 is 0 Å². The molecule has 0 unspecified atom stereocenters. The molecule has 1 amide bonds. The van der Waals surface area contributed by atoms with Crippen LogP contribution >= 0.6 is 0 Å². The van der Waals surface area contributed by atoms with Crippen molar-refractivity contribution in [2.45, 2.75) is 38.5 Å². The number of piperazine rings is 1. The highest BCUT2D eigenvalue weighted by Gasteiger charge is 2.29. The Balaban J connectivity index is 1.46. The summed E-state index contributed by atoms with van der Waals surface area (Å²) in [6.45, 7) is 12.2. The van der Waals surface area contributed by atoms with Gasteiger partial charge in [0.15, 0.2) is 0 Å². The molecule has 1 saturated heterocycles. The van der Waals surface area contributed by atoms with Crippen LogP contribution in [0.1, 0.15) is 0 Å². The molecule has 196 valence electrons. The van der Waals surface area contributed by atoms with E-state index in [2.05, 4.69) is 58.0 Å². The monoisotopic (exact) mass is 512 g/mol. The van der Waals surface area contributed by atoms with Gasteiger partial charge >= 0.3 is 0 Å². The van der Waals surface area contributed by atoms with Crippen molar-refractivity contribution in [1.29, 1.82) is 0 Å². The first kappa shape index (κ1) is 26.6. The Hall–Kier alpha value is -2.50.